The van der Waals surface area contributed by atoms with Crippen molar-refractivity contribution in [2.45, 2.75) is 32.4 Å². The molecule has 0 aliphatic carbocycles. The topological polar surface area (TPSA) is 52.5 Å². The van der Waals surface area contributed by atoms with Crippen LogP contribution in [0.4, 0.5) is 5.82 Å². The number of aliphatic hydroxyl groups excluding tert-OH is 1. The first-order valence-electron chi connectivity index (χ1n) is 6.53. The lowest BCUT2D eigenvalue weighted by atomic mass is 10.1. The molecular formula is C13H22N4O. The molecule has 2 heterocycles. The lowest BCUT2D eigenvalue weighted by Gasteiger charge is -2.29. The van der Waals surface area contributed by atoms with Crippen molar-refractivity contribution in [2.24, 2.45) is 0 Å². The zero-order valence-corrected chi connectivity index (χ0v) is 11.4. The normalized spacial score (nSPS) is 17.3. The molecule has 1 N–H and O–H groups in total. The standard InChI is InChI=1S/C13H22N4O/c1-4-11(18)9-17-6-5-12-10(8-17)7-13(15-14-12)16(2)3/h7,11,18H,4-6,8-9H2,1-3H3/t11-/m1/s1. The smallest absolute Gasteiger partial charge is 0.151 e. The third-order valence-corrected chi connectivity index (χ3v) is 3.40. The fraction of sp³-hybridized carbons (Fsp3) is 0.692. The maximum Gasteiger partial charge on any atom is 0.151 e. The number of aliphatic hydroxyl groups is 1. The average molecular weight is 250 g/mol. The molecule has 0 fully saturated rings. The number of nitrogens with zero attached hydrogens (tertiary/aromatic N) is 4. The van der Waals surface area contributed by atoms with Crippen LogP contribution in [-0.2, 0) is 13.0 Å². The lowest BCUT2D eigenvalue weighted by molar-refractivity contribution is 0.102. The van der Waals surface area contributed by atoms with Crippen molar-refractivity contribution in [3.63, 3.8) is 0 Å². The molecule has 0 saturated carbocycles. The van der Waals surface area contributed by atoms with E-state index in [0.29, 0.717) is 0 Å². The SMILES string of the molecule is CC[C@@H](O)CN1CCc2nnc(N(C)C)cc2C1. The van der Waals surface area contributed by atoms with E-state index in [0.717, 1.165) is 44.0 Å². The number of rotatable bonds is 4. The van der Waals surface area contributed by atoms with Crippen molar-refractivity contribution in [2.75, 3.05) is 32.1 Å². The second-order valence-electron chi connectivity index (χ2n) is 5.12. The van der Waals surface area contributed by atoms with Gasteiger partial charge in [0.25, 0.3) is 0 Å². The van der Waals surface area contributed by atoms with Gasteiger partial charge in [-0.1, -0.05) is 6.92 Å². The van der Waals surface area contributed by atoms with Gasteiger partial charge < -0.3 is 10.0 Å². The van der Waals surface area contributed by atoms with Crippen LogP contribution in [0.5, 0.6) is 0 Å². The number of β-amino-alcohol motifs (C(OH)–C–C–N with tert-alkyl or cyclic N) is 1. The minimum absolute atomic E-state index is 0.227. The van der Waals surface area contributed by atoms with Crippen LogP contribution in [0.25, 0.3) is 0 Å². The predicted molar refractivity (Wildman–Crippen MR) is 71.6 cm³/mol. The molecule has 2 rings (SSSR count). The molecule has 1 aromatic heterocycles. The molecule has 0 saturated heterocycles. The fourth-order valence-electron chi connectivity index (χ4n) is 2.18. The van der Waals surface area contributed by atoms with Gasteiger partial charge in [0.1, 0.15) is 0 Å². The molecule has 0 bridgehead atoms. The van der Waals surface area contributed by atoms with Gasteiger partial charge in [0.05, 0.1) is 11.8 Å². The van der Waals surface area contributed by atoms with E-state index in [4.69, 9.17) is 0 Å². The molecule has 0 spiro atoms. The van der Waals surface area contributed by atoms with Crippen molar-refractivity contribution in [3.8, 4) is 0 Å². The Morgan fingerprint density at radius 2 is 2.22 bits per heavy atom. The number of hydrogen-bond acceptors (Lipinski definition) is 5. The summed E-state index contributed by atoms with van der Waals surface area (Å²) in [7, 11) is 3.94. The van der Waals surface area contributed by atoms with E-state index < -0.39 is 0 Å². The van der Waals surface area contributed by atoms with Crippen molar-refractivity contribution in [3.05, 3.63) is 17.3 Å². The first kappa shape index (κ1) is 13.2. The van der Waals surface area contributed by atoms with Crippen LogP contribution in [0, 0.1) is 0 Å². The summed E-state index contributed by atoms with van der Waals surface area (Å²) in [4.78, 5) is 4.25. The zero-order valence-electron chi connectivity index (χ0n) is 11.4. The third-order valence-electron chi connectivity index (χ3n) is 3.40. The highest BCUT2D eigenvalue weighted by Crippen LogP contribution is 2.20. The first-order valence-corrected chi connectivity index (χ1v) is 6.53. The van der Waals surface area contributed by atoms with Gasteiger partial charge in [-0.15, -0.1) is 5.10 Å². The summed E-state index contributed by atoms with van der Waals surface area (Å²) in [5.74, 6) is 0.895. The number of fused-ring (bicyclic) bond motifs is 1. The highest BCUT2D eigenvalue weighted by Gasteiger charge is 2.20. The molecule has 100 valence electrons. The quantitative estimate of drug-likeness (QED) is 0.851. The Kier molecular flexibility index (Phi) is 4.14. The van der Waals surface area contributed by atoms with Crippen LogP contribution < -0.4 is 4.90 Å². The third kappa shape index (κ3) is 2.97. The summed E-state index contributed by atoms with van der Waals surface area (Å²) in [6, 6.07) is 2.10. The highest BCUT2D eigenvalue weighted by molar-refractivity contribution is 5.40. The largest absolute Gasteiger partial charge is 0.392 e. The Balaban J connectivity index is 2.09. The second kappa shape index (κ2) is 5.63. The zero-order chi connectivity index (χ0) is 13.1. The first-order chi connectivity index (χ1) is 8.60. The number of anilines is 1. The highest BCUT2D eigenvalue weighted by atomic mass is 16.3. The molecule has 1 aliphatic heterocycles. The van der Waals surface area contributed by atoms with Gasteiger partial charge in [0.15, 0.2) is 5.82 Å². The summed E-state index contributed by atoms with van der Waals surface area (Å²) in [5, 5.41) is 18.2. The van der Waals surface area contributed by atoms with Gasteiger partial charge in [-0.2, -0.15) is 5.10 Å². The number of hydrogen-bond donors (Lipinski definition) is 1. The minimum Gasteiger partial charge on any atom is -0.392 e. The van der Waals surface area contributed by atoms with Crippen LogP contribution >= 0.6 is 0 Å². The summed E-state index contributed by atoms with van der Waals surface area (Å²) in [6.45, 7) is 4.58. The monoisotopic (exact) mass is 250 g/mol. The molecule has 1 atom stereocenters. The molecule has 0 aromatic carbocycles. The number of aromatic nitrogens is 2. The maximum absolute atomic E-state index is 9.72. The predicted octanol–water partition coefficient (Wildman–Crippen LogP) is 0.672. The molecule has 1 aliphatic rings. The van der Waals surface area contributed by atoms with Crippen LogP contribution in [-0.4, -0.2) is 53.5 Å². The Morgan fingerprint density at radius 1 is 1.44 bits per heavy atom. The Hall–Kier alpha value is -1.20. The molecule has 5 heteroatoms. The lowest BCUT2D eigenvalue weighted by Crippen LogP contribution is -2.37. The summed E-state index contributed by atoms with van der Waals surface area (Å²) in [6.07, 6.45) is 1.50. The van der Waals surface area contributed by atoms with Crippen molar-refractivity contribution in [1.82, 2.24) is 15.1 Å². The van der Waals surface area contributed by atoms with Crippen LogP contribution in [0.15, 0.2) is 6.07 Å². The van der Waals surface area contributed by atoms with Gasteiger partial charge in [0, 0.05) is 40.2 Å². The summed E-state index contributed by atoms with van der Waals surface area (Å²) in [5.41, 5.74) is 2.34. The van der Waals surface area contributed by atoms with E-state index in [1.807, 2.05) is 25.9 Å². The van der Waals surface area contributed by atoms with Gasteiger partial charge in [-0.05, 0) is 18.1 Å². The van der Waals surface area contributed by atoms with E-state index in [9.17, 15) is 5.11 Å². The van der Waals surface area contributed by atoms with E-state index in [-0.39, 0.29) is 6.10 Å². The Labute approximate surface area is 108 Å². The Bertz CT molecular complexity index is 408. The van der Waals surface area contributed by atoms with E-state index in [2.05, 4.69) is 21.2 Å². The van der Waals surface area contributed by atoms with E-state index in [1.165, 1.54) is 5.56 Å². The van der Waals surface area contributed by atoms with Gasteiger partial charge in [-0.25, -0.2) is 0 Å². The van der Waals surface area contributed by atoms with Gasteiger partial charge in [0.2, 0.25) is 0 Å². The van der Waals surface area contributed by atoms with Crippen molar-refractivity contribution in [1.29, 1.82) is 0 Å². The van der Waals surface area contributed by atoms with Crippen LogP contribution in [0.1, 0.15) is 24.6 Å². The maximum atomic E-state index is 9.72. The molecule has 0 unspecified atom stereocenters. The van der Waals surface area contributed by atoms with E-state index in [1.54, 1.807) is 0 Å². The van der Waals surface area contributed by atoms with Gasteiger partial charge in [-0.3, -0.25) is 4.90 Å². The van der Waals surface area contributed by atoms with Crippen LogP contribution in [0.2, 0.25) is 0 Å². The average Bonchev–Trinajstić information content (AvgIpc) is 2.37. The minimum atomic E-state index is -0.227. The fourth-order valence-corrected chi connectivity index (χ4v) is 2.18. The van der Waals surface area contributed by atoms with Crippen LogP contribution in [0.3, 0.4) is 0 Å². The second-order valence-corrected chi connectivity index (χ2v) is 5.12. The molecular weight excluding hydrogens is 228 g/mol. The molecule has 18 heavy (non-hydrogen) atoms. The Morgan fingerprint density at radius 3 is 2.89 bits per heavy atom. The molecule has 0 radical (unpaired) electrons. The van der Waals surface area contributed by atoms with Gasteiger partial charge >= 0.3 is 0 Å². The molecule has 1 aromatic rings. The molecule has 5 nitrogen and oxygen atoms in total. The molecule has 0 amide bonds. The summed E-state index contributed by atoms with van der Waals surface area (Å²) >= 11 is 0. The summed E-state index contributed by atoms with van der Waals surface area (Å²) < 4.78 is 0. The van der Waals surface area contributed by atoms with Crippen molar-refractivity contribution >= 4 is 5.82 Å². The van der Waals surface area contributed by atoms with Crippen molar-refractivity contribution < 1.29 is 5.11 Å². The van der Waals surface area contributed by atoms with E-state index >= 15 is 0 Å².